The summed E-state index contributed by atoms with van der Waals surface area (Å²) in [7, 11) is 0. The minimum absolute atomic E-state index is 0.240. The second-order valence-corrected chi connectivity index (χ2v) is 3.28. The van der Waals surface area contributed by atoms with Crippen molar-refractivity contribution in [3.8, 4) is 6.19 Å². The third-order valence-corrected chi connectivity index (χ3v) is 2.15. The van der Waals surface area contributed by atoms with Crippen LogP contribution in [0.1, 0.15) is 19.8 Å². The second-order valence-electron chi connectivity index (χ2n) is 3.28. The Labute approximate surface area is 72.7 Å². The first-order chi connectivity index (χ1) is 5.74. The predicted molar refractivity (Wildman–Crippen MR) is 46.4 cm³/mol. The summed E-state index contributed by atoms with van der Waals surface area (Å²) in [5.74, 6) is 0.878. The Balaban J connectivity index is 2.41. The molecule has 1 aliphatic heterocycles. The summed E-state index contributed by atoms with van der Waals surface area (Å²) >= 11 is 0. The summed E-state index contributed by atoms with van der Waals surface area (Å²) in [6, 6.07) is 0. The van der Waals surface area contributed by atoms with Gasteiger partial charge >= 0.3 is 0 Å². The van der Waals surface area contributed by atoms with Crippen molar-refractivity contribution in [1.29, 1.82) is 10.7 Å². The van der Waals surface area contributed by atoms with Crippen LogP contribution in [-0.2, 0) is 0 Å². The first kappa shape index (κ1) is 8.85. The molecule has 0 amide bonds. The van der Waals surface area contributed by atoms with Crippen molar-refractivity contribution in [3.63, 3.8) is 0 Å². The fourth-order valence-electron chi connectivity index (χ4n) is 1.52. The first-order valence-corrected chi connectivity index (χ1v) is 4.22. The van der Waals surface area contributed by atoms with E-state index in [2.05, 4.69) is 12.2 Å². The highest BCUT2D eigenvalue weighted by Gasteiger charge is 2.17. The highest BCUT2D eigenvalue weighted by Crippen LogP contribution is 2.14. The Bertz CT molecular complexity index is 206. The Hall–Kier alpha value is -1.24. The van der Waals surface area contributed by atoms with Crippen LogP contribution in [0.3, 0.4) is 0 Å². The van der Waals surface area contributed by atoms with Crippen molar-refractivity contribution in [2.24, 2.45) is 5.92 Å². The van der Waals surface area contributed by atoms with E-state index in [1.165, 1.54) is 6.42 Å². The van der Waals surface area contributed by atoms with Crippen LogP contribution in [0, 0.1) is 22.8 Å². The van der Waals surface area contributed by atoms with E-state index in [-0.39, 0.29) is 5.96 Å². The summed E-state index contributed by atoms with van der Waals surface area (Å²) in [4.78, 5) is 1.91. The van der Waals surface area contributed by atoms with Crippen molar-refractivity contribution < 1.29 is 0 Å². The molecule has 12 heavy (non-hydrogen) atoms. The number of hydrogen-bond acceptors (Lipinski definition) is 2. The highest BCUT2D eigenvalue weighted by molar-refractivity contribution is 5.78. The maximum Gasteiger partial charge on any atom is 0.204 e. The van der Waals surface area contributed by atoms with E-state index in [9.17, 15) is 0 Å². The van der Waals surface area contributed by atoms with Gasteiger partial charge in [-0.1, -0.05) is 6.92 Å². The average molecular weight is 166 g/mol. The normalized spacial score (nSPS) is 23.0. The number of nitriles is 1. The van der Waals surface area contributed by atoms with Crippen LogP contribution in [-0.4, -0.2) is 23.9 Å². The van der Waals surface area contributed by atoms with E-state index in [1.807, 2.05) is 4.90 Å². The summed E-state index contributed by atoms with van der Waals surface area (Å²) < 4.78 is 0. The van der Waals surface area contributed by atoms with Gasteiger partial charge in [0.1, 0.15) is 0 Å². The lowest BCUT2D eigenvalue weighted by molar-refractivity contribution is 0.267. The number of nitrogens with one attached hydrogen (secondary N) is 2. The van der Waals surface area contributed by atoms with E-state index in [0.717, 1.165) is 19.5 Å². The molecule has 1 saturated heterocycles. The summed E-state index contributed by atoms with van der Waals surface area (Å²) in [6.07, 6.45) is 4.12. The van der Waals surface area contributed by atoms with Gasteiger partial charge in [-0.3, -0.25) is 10.7 Å². The molecule has 2 N–H and O–H groups in total. The summed E-state index contributed by atoms with van der Waals surface area (Å²) in [5, 5.41) is 18.1. The molecule has 0 aromatic carbocycles. The molecule has 1 unspecified atom stereocenters. The molecule has 0 aromatic heterocycles. The molecular formula is C8H14N4. The molecule has 0 aromatic rings. The van der Waals surface area contributed by atoms with Crippen molar-refractivity contribution in [1.82, 2.24) is 10.2 Å². The summed E-state index contributed by atoms with van der Waals surface area (Å²) in [6.45, 7) is 3.97. The van der Waals surface area contributed by atoms with Gasteiger partial charge in [0.05, 0.1) is 0 Å². The topological polar surface area (TPSA) is 62.9 Å². The first-order valence-electron chi connectivity index (χ1n) is 4.22. The molecule has 4 heteroatoms. The van der Waals surface area contributed by atoms with Crippen LogP contribution in [0.15, 0.2) is 0 Å². The Morgan fingerprint density at radius 2 is 2.50 bits per heavy atom. The molecule has 1 atom stereocenters. The van der Waals surface area contributed by atoms with Crippen LogP contribution in [0.5, 0.6) is 0 Å². The molecule has 66 valence electrons. The lowest BCUT2D eigenvalue weighted by Gasteiger charge is -2.31. The third-order valence-electron chi connectivity index (χ3n) is 2.15. The lowest BCUT2D eigenvalue weighted by atomic mass is 10.0. The number of hydrogen-bond donors (Lipinski definition) is 2. The van der Waals surface area contributed by atoms with E-state index in [4.69, 9.17) is 10.7 Å². The minimum Gasteiger partial charge on any atom is -0.342 e. The van der Waals surface area contributed by atoms with Crippen LogP contribution in [0.4, 0.5) is 0 Å². The highest BCUT2D eigenvalue weighted by atomic mass is 15.3. The SMILES string of the molecule is CC1CCCN(C(=N)NC#N)C1. The number of rotatable bonds is 0. The molecule has 1 rings (SSSR count). The minimum atomic E-state index is 0.240. The monoisotopic (exact) mass is 166 g/mol. The smallest absolute Gasteiger partial charge is 0.204 e. The van der Waals surface area contributed by atoms with Gasteiger partial charge < -0.3 is 4.90 Å². The van der Waals surface area contributed by atoms with Gasteiger partial charge in [0.2, 0.25) is 5.96 Å². The Kier molecular flexibility index (Phi) is 2.92. The molecular weight excluding hydrogens is 152 g/mol. The van der Waals surface area contributed by atoms with Crippen molar-refractivity contribution in [3.05, 3.63) is 0 Å². The molecule has 0 spiro atoms. The molecule has 1 aliphatic rings. The lowest BCUT2D eigenvalue weighted by Crippen LogP contribution is -2.44. The largest absolute Gasteiger partial charge is 0.342 e. The molecule has 0 aliphatic carbocycles. The zero-order chi connectivity index (χ0) is 8.97. The van der Waals surface area contributed by atoms with Crippen LogP contribution >= 0.6 is 0 Å². The van der Waals surface area contributed by atoms with Crippen molar-refractivity contribution in [2.75, 3.05) is 13.1 Å². The number of guanidine groups is 1. The van der Waals surface area contributed by atoms with Gasteiger partial charge in [-0.2, -0.15) is 5.26 Å². The van der Waals surface area contributed by atoms with Gasteiger partial charge in [-0.05, 0) is 18.8 Å². The number of piperidine rings is 1. The van der Waals surface area contributed by atoms with E-state index in [1.54, 1.807) is 6.19 Å². The fourth-order valence-corrected chi connectivity index (χ4v) is 1.52. The van der Waals surface area contributed by atoms with Crippen molar-refractivity contribution in [2.45, 2.75) is 19.8 Å². The maximum atomic E-state index is 8.30. The van der Waals surface area contributed by atoms with Crippen molar-refractivity contribution >= 4 is 5.96 Å². The fraction of sp³-hybridized carbons (Fsp3) is 0.750. The van der Waals surface area contributed by atoms with Crippen LogP contribution < -0.4 is 5.32 Å². The molecule has 0 saturated carbocycles. The molecule has 1 fully saturated rings. The Morgan fingerprint density at radius 1 is 1.75 bits per heavy atom. The zero-order valence-corrected chi connectivity index (χ0v) is 7.30. The predicted octanol–water partition coefficient (Wildman–Crippen LogP) is 0.724. The third kappa shape index (κ3) is 2.12. The van der Waals surface area contributed by atoms with Gasteiger partial charge in [-0.25, -0.2) is 0 Å². The van der Waals surface area contributed by atoms with E-state index in [0.29, 0.717) is 5.92 Å². The van der Waals surface area contributed by atoms with Crippen LogP contribution in [0.2, 0.25) is 0 Å². The molecule has 0 bridgehead atoms. The Morgan fingerprint density at radius 3 is 3.08 bits per heavy atom. The standard InChI is InChI=1S/C8H14N4/c1-7-3-2-4-12(5-7)8(10)11-6-9/h7H,2-5H2,1H3,(H2,10,11). The number of likely N-dealkylation sites (tertiary alicyclic amines) is 1. The van der Waals surface area contributed by atoms with Crippen LogP contribution in [0.25, 0.3) is 0 Å². The van der Waals surface area contributed by atoms with E-state index >= 15 is 0 Å². The molecule has 1 heterocycles. The van der Waals surface area contributed by atoms with Gasteiger partial charge in [-0.15, -0.1) is 0 Å². The zero-order valence-electron chi connectivity index (χ0n) is 7.30. The quantitative estimate of drug-likeness (QED) is 0.241. The van der Waals surface area contributed by atoms with Gasteiger partial charge in [0, 0.05) is 13.1 Å². The number of nitrogens with zero attached hydrogens (tertiary/aromatic N) is 2. The second kappa shape index (κ2) is 3.96. The average Bonchev–Trinajstić information content (AvgIpc) is 2.05. The maximum absolute atomic E-state index is 8.30. The molecule has 0 radical (unpaired) electrons. The van der Waals surface area contributed by atoms with Gasteiger partial charge in [0.25, 0.3) is 0 Å². The van der Waals surface area contributed by atoms with Gasteiger partial charge in [0.15, 0.2) is 6.19 Å². The summed E-state index contributed by atoms with van der Waals surface area (Å²) in [5.41, 5.74) is 0. The van der Waals surface area contributed by atoms with E-state index < -0.39 is 0 Å². The molecule has 4 nitrogen and oxygen atoms in total.